The second-order valence-corrected chi connectivity index (χ2v) is 8.62. The van der Waals surface area contributed by atoms with Gasteiger partial charge in [-0.3, -0.25) is 0 Å². The third-order valence-corrected chi connectivity index (χ3v) is 5.80. The van der Waals surface area contributed by atoms with E-state index in [9.17, 15) is 4.79 Å². The summed E-state index contributed by atoms with van der Waals surface area (Å²) in [5, 5.41) is 4.47. The van der Waals surface area contributed by atoms with Crippen LogP contribution < -0.4 is 5.32 Å². The lowest BCUT2D eigenvalue weighted by Gasteiger charge is -2.34. The van der Waals surface area contributed by atoms with E-state index in [1.54, 1.807) is 0 Å². The Labute approximate surface area is 139 Å². The molecule has 1 aliphatic carbocycles. The number of thioether (sulfide) groups is 1. The summed E-state index contributed by atoms with van der Waals surface area (Å²) in [6, 6.07) is 0.893. The van der Waals surface area contributed by atoms with Gasteiger partial charge in [-0.25, -0.2) is 4.79 Å². The van der Waals surface area contributed by atoms with Crippen LogP contribution in [0.1, 0.15) is 59.3 Å². The Kier molecular flexibility index (Phi) is 6.45. The van der Waals surface area contributed by atoms with E-state index in [2.05, 4.69) is 11.6 Å². The van der Waals surface area contributed by atoms with E-state index in [0.717, 1.165) is 31.2 Å². The first-order valence-corrected chi connectivity index (χ1v) is 9.95. The van der Waals surface area contributed by atoms with Crippen LogP contribution in [-0.2, 0) is 4.74 Å². The van der Waals surface area contributed by atoms with Crippen LogP contribution in [0, 0.1) is 0 Å². The molecule has 0 spiro atoms. The van der Waals surface area contributed by atoms with Gasteiger partial charge < -0.3 is 15.0 Å². The van der Waals surface area contributed by atoms with E-state index in [1.165, 1.54) is 25.7 Å². The molecular weight excluding hydrogens is 296 g/mol. The minimum Gasteiger partial charge on any atom is -0.444 e. The summed E-state index contributed by atoms with van der Waals surface area (Å²) < 4.78 is 5.54. The van der Waals surface area contributed by atoms with E-state index < -0.39 is 5.60 Å². The van der Waals surface area contributed by atoms with Crippen LogP contribution in [0.25, 0.3) is 0 Å². The summed E-state index contributed by atoms with van der Waals surface area (Å²) in [6.45, 7) is 7.52. The first-order valence-electron chi connectivity index (χ1n) is 8.66. The molecule has 3 atom stereocenters. The maximum absolute atomic E-state index is 12.3. The van der Waals surface area contributed by atoms with Crippen molar-refractivity contribution < 1.29 is 9.53 Å². The van der Waals surface area contributed by atoms with Gasteiger partial charge in [0.15, 0.2) is 0 Å². The smallest absolute Gasteiger partial charge is 0.410 e. The Morgan fingerprint density at radius 1 is 1.23 bits per heavy atom. The number of amides is 1. The molecule has 1 saturated heterocycles. The molecule has 0 radical (unpaired) electrons. The Balaban J connectivity index is 1.84. The number of ether oxygens (including phenoxy) is 1. The highest BCUT2D eigenvalue weighted by atomic mass is 32.2. The summed E-state index contributed by atoms with van der Waals surface area (Å²) in [7, 11) is 0. The van der Waals surface area contributed by atoms with Crippen molar-refractivity contribution in [1.82, 2.24) is 10.2 Å². The van der Waals surface area contributed by atoms with Crippen molar-refractivity contribution >= 4 is 17.9 Å². The van der Waals surface area contributed by atoms with Gasteiger partial charge in [-0.05, 0) is 52.7 Å². The van der Waals surface area contributed by atoms with Gasteiger partial charge in [-0.2, -0.15) is 11.8 Å². The molecule has 128 valence electrons. The molecule has 0 bridgehead atoms. The van der Waals surface area contributed by atoms with Crippen LogP contribution in [0.3, 0.4) is 0 Å². The molecule has 22 heavy (non-hydrogen) atoms. The number of hydrogen-bond acceptors (Lipinski definition) is 4. The predicted molar refractivity (Wildman–Crippen MR) is 93.5 cm³/mol. The molecule has 5 heteroatoms. The highest BCUT2D eigenvalue weighted by Gasteiger charge is 2.33. The lowest BCUT2D eigenvalue weighted by atomic mass is 9.94. The maximum atomic E-state index is 12.3. The molecule has 3 unspecified atom stereocenters. The Morgan fingerprint density at radius 3 is 2.64 bits per heavy atom. The molecule has 1 saturated carbocycles. The molecule has 2 rings (SSSR count). The summed E-state index contributed by atoms with van der Waals surface area (Å²) in [6.07, 6.45) is 9.51. The summed E-state index contributed by atoms with van der Waals surface area (Å²) in [4.78, 5) is 14.2. The maximum Gasteiger partial charge on any atom is 0.410 e. The Morgan fingerprint density at radius 2 is 1.95 bits per heavy atom. The molecule has 4 nitrogen and oxygen atoms in total. The molecule has 0 aromatic rings. The number of nitrogens with zero attached hydrogens (tertiary/aromatic N) is 1. The van der Waals surface area contributed by atoms with Gasteiger partial charge in [-0.1, -0.05) is 12.8 Å². The molecule has 2 fully saturated rings. The van der Waals surface area contributed by atoms with Crippen LogP contribution in [0.2, 0.25) is 0 Å². The molecule has 1 N–H and O–H groups in total. The Hall–Kier alpha value is -0.420. The lowest BCUT2D eigenvalue weighted by molar-refractivity contribution is 0.0224. The standard InChI is InChI=1S/C17H32N2O2S/c1-17(2,3)21-16(20)19-11-7-8-13(19)12-18-14-9-5-6-10-15(14)22-4/h13-15,18H,5-12H2,1-4H3. The predicted octanol–water partition coefficient (Wildman–Crippen LogP) is 3.65. The minimum absolute atomic E-state index is 0.151. The van der Waals surface area contributed by atoms with Crippen molar-refractivity contribution in [2.75, 3.05) is 19.3 Å². The fraction of sp³-hybridized carbons (Fsp3) is 0.941. The van der Waals surface area contributed by atoms with E-state index in [0.29, 0.717) is 12.1 Å². The summed E-state index contributed by atoms with van der Waals surface area (Å²) in [5.41, 5.74) is -0.412. The number of rotatable bonds is 4. The fourth-order valence-electron chi connectivity index (χ4n) is 3.51. The average molecular weight is 329 g/mol. The second kappa shape index (κ2) is 7.91. The second-order valence-electron chi connectivity index (χ2n) is 7.54. The molecular formula is C17H32N2O2S. The monoisotopic (exact) mass is 328 g/mol. The zero-order chi connectivity index (χ0) is 16.2. The topological polar surface area (TPSA) is 41.6 Å². The third kappa shape index (κ3) is 5.05. The fourth-order valence-corrected chi connectivity index (χ4v) is 4.47. The SMILES string of the molecule is CSC1CCCCC1NCC1CCCN1C(=O)OC(C)(C)C. The van der Waals surface area contributed by atoms with E-state index in [-0.39, 0.29) is 6.09 Å². The number of carbonyl (C=O) groups is 1. The van der Waals surface area contributed by atoms with Crippen molar-refractivity contribution in [3.8, 4) is 0 Å². The number of hydrogen-bond donors (Lipinski definition) is 1. The molecule has 1 aliphatic heterocycles. The zero-order valence-corrected chi connectivity index (χ0v) is 15.4. The van der Waals surface area contributed by atoms with Crippen molar-refractivity contribution in [2.45, 2.75) is 82.2 Å². The molecule has 2 aliphatic rings. The highest BCUT2D eigenvalue weighted by Crippen LogP contribution is 2.28. The third-order valence-electron chi connectivity index (χ3n) is 4.63. The lowest BCUT2D eigenvalue weighted by Crippen LogP contribution is -2.48. The summed E-state index contributed by atoms with van der Waals surface area (Å²) >= 11 is 1.98. The molecule has 1 heterocycles. The quantitative estimate of drug-likeness (QED) is 0.855. The van der Waals surface area contributed by atoms with Crippen LogP contribution in [0.4, 0.5) is 4.79 Å². The van der Waals surface area contributed by atoms with Gasteiger partial charge in [0.2, 0.25) is 0 Å². The van der Waals surface area contributed by atoms with Crippen molar-refractivity contribution in [2.24, 2.45) is 0 Å². The van der Waals surface area contributed by atoms with Gasteiger partial charge in [0.1, 0.15) is 5.60 Å². The summed E-state index contributed by atoms with van der Waals surface area (Å²) in [5.74, 6) is 0. The van der Waals surface area contributed by atoms with Gasteiger partial charge in [0.25, 0.3) is 0 Å². The van der Waals surface area contributed by atoms with Gasteiger partial charge in [0, 0.05) is 30.4 Å². The number of carbonyl (C=O) groups excluding carboxylic acids is 1. The van der Waals surface area contributed by atoms with Crippen LogP contribution in [0.5, 0.6) is 0 Å². The largest absolute Gasteiger partial charge is 0.444 e. The molecule has 0 aromatic carbocycles. The van der Waals surface area contributed by atoms with E-state index in [4.69, 9.17) is 4.74 Å². The normalized spacial score (nSPS) is 29.6. The first-order chi connectivity index (χ1) is 10.4. The molecule has 1 amide bonds. The van der Waals surface area contributed by atoms with Gasteiger partial charge in [-0.15, -0.1) is 0 Å². The van der Waals surface area contributed by atoms with Gasteiger partial charge in [0.05, 0.1) is 0 Å². The van der Waals surface area contributed by atoms with Crippen molar-refractivity contribution in [1.29, 1.82) is 0 Å². The number of likely N-dealkylation sites (tertiary alicyclic amines) is 1. The Bertz CT molecular complexity index is 370. The first kappa shape index (κ1) is 17.9. The minimum atomic E-state index is -0.412. The van der Waals surface area contributed by atoms with Crippen LogP contribution in [0.15, 0.2) is 0 Å². The van der Waals surface area contributed by atoms with Gasteiger partial charge >= 0.3 is 6.09 Å². The van der Waals surface area contributed by atoms with Crippen molar-refractivity contribution in [3.05, 3.63) is 0 Å². The van der Waals surface area contributed by atoms with Crippen molar-refractivity contribution in [3.63, 3.8) is 0 Å². The molecule has 0 aromatic heterocycles. The zero-order valence-electron chi connectivity index (χ0n) is 14.6. The highest BCUT2D eigenvalue weighted by molar-refractivity contribution is 7.99. The van der Waals surface area contributed by atoms with E-state index in [1.807, 2.05) is 37.4 Å². The number of nitrogens with one attached hydrogen (secondary N) is 1. The van der Waals surface area contributed by atoms with Crippen LogP contribution >= 0.6 is 11.8 Å². The average Bonchev–Trinajstić information content (AvgIpc) is 2.92. The van der Waals surface area contributed by atoms with E-state index >= 15 is 0 Å². The van der Waals surface area contributed by atoms with Crippen LogP contribution in [-0.4, -0.2) is 53.3 Å².